The van der Waals surface area contributed by atoms with Crippen LogP contribution in [0, 0.1) is 11.8 Å². The van der Waals surface area contributed by atoms with Gasteiger partial charge in [0.15, 0.2) is 0 Å². The van der Waals surface area contributed by atoms with Gasteiger partial charge in [0.05, 0.1) is 6.10 Å². The summed E-state index contributed by atoms with van der Waals surface area (Å²) in [6.07, 6.45) is 5.33. The quantitative estimate of drug-likeness (QED) is 0.700. The smallest absolute Gasteiger partial charge is 0.0636 e. The Morgan fingerprint density at radius 3 is 2.85 bits per heavy atom. The third-order valence-corrected chi connectivity index (χ3v) is 2.92. The number of rotatable bonds is 4. The minimum absolute atomic E-state index is 0.207. The second-order valence-electron chi connectivity index (χ2n) is 4.65. The third kappa shape index (κ3) is 4.63. The summed E-state index contributed by atoms with van der Waals surface area (Å²) in [6.45, 7) is 6.01. The van der Waals surface area contributed by atoms with E-state index < -0.39 is 0 Å². The van der Waals surface area contributed by atoms with E-state index in [0.29, 0.717) is 0 Å². The van der Waals surface area contributed by atoms with Crippen molar-refractivity contribution < 1.29 is 5.11 Å². The molecule has 2 N–H and O–H groups in total. The molecule has 3 unspecified atom stereocenters. The van der Waals surface area contributed by atoms with Crippen LogP contribution in [0.15, 0.2) is 0 Å². The van der Waals surface area contributed by atoms with Gasteiger partial charge < -0.3 is 10.4 Å². The van der Waals surface area contributed by atoms with Gasteiger partial charge in [0.25, 0.3) is 0 Å². The molecule has 1 aliphatic carbocycles. The van der Waals surface area contributed by atoms with Crippen molar-refractivity contribution in [1.82, 2.24) is 5.32 Å². The Bertz CT molecular complexity index is 136. The Hall–Kier alpha value is -0.0800. The van der Waals surface area contributed by atoms with Gasteiger partial charge in [-0.2, -0.15) is 0 Å². The summed E-state index contributed by atoms with van der Waals surface area (Å²) >= 11 is 0. The first kappa shape index (κ1) is 11.0. The van der Waals surface area contributed by atoms with E-state index in [9.17, 15) is 0 Å². The van der Waals surface area contributed by atoms with Gasteiger partial charge in [-0.1, -0.05) is 19.8 Å². The van der Waals surface area contributed by atoms with E-state index in [1.165, 1.54) is 25.7 Å². The molecule has 1 saturated carbocycles. The van der Waals surface area contributed by atoms with Gasteiger partial charge in [-0.15, -0.1) is 0 Å². The molecule has 13 heavy (non-hydrogen) atoms. The van der Waals surface area contributed by atoms with Crippen LogP contribution in [-0.2, 0) is 0 Å². The molecule has 0 bridgehead atoms. The molecule has 1 rings (SSSR count). The first-order valence-electron chi connectivity index (χ1n) is 5.57. The fourth-order valence-electron chi connectivity index (χ4n) is 2.24. The maximum absolute atomic E-state index is 9.07. The zero-order chi connectivity index (χ0) is 9.68. The molecule has 0 aromatic carbocycles. The summed E-state index contributed by atoms with van der Waals surface area (Å²) in [5.74, 6) is 1.76. The highest BCUT2D eigenvalue weighted by molar-refractivity contribution is 4.72. The first-order valence-corrected chi connectivity index (χ1v) is 5.57. The van der Waals surface area contributed by atoms with Crippen LogP contribution in [0.3, 0.4) is 0 Å². The SMILES string of the molecule is CC(O)CNCC1CCCC(C)C1. The zero-order valence-corrected chi connectivity index (χ0v) is 8.92. The van der Waals surface area contributed by atoms with Gasteiger partial charge in [-0.3, -0.25) is 0 Å². The van der Waals surface area contributed by atoms with Gasteiger partial charge in [-0.05, 0) is 38.1 Å². The minimum atomic E-state index is -0.207. The molecule has 0 aromatic heterocycles. The number of nitrogens with one attached hydrogen (secondary N) is 1. The topological polar surface area (TPSA) is 32.3 Å². The highest BCUT2D eigenvalue weighted by Gasteiger charge is 2.18. The fraction of sp³-hybridized carbons (Fsp3) is 1.00. The van der Waals surface area contributed by atoms with Gasteiger partial charge in [-0.25, -0.2) is 0 Å². The molecular weight excluding hydrogens is 162 g/mol. The van der Waals surface area contributed by atoms with Crippen LogP contribution in [-0.4, -0.2) is 24.3 Å². The van der Waals surface area contributed by atoms with E-state index in [1.54, 1.807) is 0 Å². The molecule has 0 aromatic rings. The Morgan fingerprint density at radius 1 is 1.46 bits per heavy atom. The number of hydrogen-bond donors (Lipinski definition) is 2. The summed E-state index contributed by atoms with van der Waals surface area (Å²) in [7, 11) is 0. The summed E-state index contributed by atoms with van der Waals surface area (Å²) < 4.78 is 0. The molecule has 0 heterocycles. The Balaban J connectivity index is 2.06. The lowest BCUT2D eigenvalue weighted by molar-refractivity contribution is 0.184. The van der Waals surface area contributed by atoms with Crippen molar-refractivity contribution in [3.63, 3.8) is 0 Å². The van der Waals surface area contributed by atoms with Crippen LogP contribution in [0.25, 0.3) is 0 Å². The van der Waals surface area contributed by atoms with Gasteiger partial charge in [0, 0.05) is 6.54 Å². The maximum Gasteiger partial charge on any atom is 0.0636 e. The predicted octanol–water partition coefficient (Wildman–Crippen LogP) is 1.78. The van der Waals surface area contributed by atoms with Gasteiger partial charge >= 0.3 is 0 Å². The lowest BCUT2D eigenvalue weighted by Gasteiger charge is -2.27. The van der Waals surface area contributed by atoms with E-state index in [-0.39, 0.29) is 6.10 Å². The zero-order valence-electron chi connectivity index (χ0n) is 8.92. The second kappa shape index (κ2) is 5.61. The Kier molecular flexibility index (Phi) is 4.74. The third-order valence-electron chi connectivity index (χ3n) is 2.92. The van der Waals surface area contributed by atoms with Crippen LogP contribution in [0.1, 0.15) is 39.5 Å². The molecule has 1 aliphatic rings. The van der Waals surface area contributed by atoms with E-state index in [4.69, 9.17) is 5.11 Å². The summed E-state index contributed by atoms with van der Waals surface area (Å²) in [4.78, 5) is 0. The number of aliphatic hydroxyl groups excluding tert-OH is 1. The molecular formula is C11H23NO. The molecule has 0 spiro atoms. The molecule has 0 amide bonds. The molecule has 3 atom stereocenters. The van der Waals surface area contributed by atoms with Crippen molar-refractivity contribution >= 4 is 0 Å². The predicted molar refractivity (Wildman–Crippen MR) is 55.7 cm³/mol. The standard InChI is InChI=1S/C11H23NO/c1-9-4-3-5-11(6-9)8-12-7-10(2)13/h9-13H,3-8H2,1-2H3. The Labute approximate surface area is 81.7 Å². The van der Waals surface area contributed by atoms with Gasteiger partial charge in [0.2, 0.25) is 0 Å². The normalized spacial score (nSPS) is 31.6. The van der Waals surface area contributed by atoms with Crippen LogP contribution in [0.4, 0.5) is 0 Å². The van der Waals surface area contributed by atoms with Crippen LogP contribution < -0.4 is 5.32 Å². The maximum atomic E-state index is 9.07. The molecule has 0 aliphatic heterocycles. The molecule has 2 nitrogen and oxygen atoms in total. The molecule has 0 saturated heterocycles. The van der Waals surface area contributed by atoms with Crippen LogP contribution >= 0.6 is 0 Å². The van der Waals surface area contributed by atoms with Crippen molar-refractivity contribution in [3.05, 3.63) is 0 Å². The van der Waals surface area contributed by atoms with Crippen molar-refractivity contribution in [1.29, 1.82) is 0 Å². The summed E-state index contributed by atoms with van der Waals surface area (Å²) in [6, 6.07) is 0. The fourth-order valence-corrected chi connectivity index (χ4v) is 2.24. The first-order chi connectivity index (χ1) is 6.18. The largest absolute Gasteiger partial charge is 0.392 e. The van der Waals surface area contributed by atoms with E-state index in [0.717, 1.165) is 24.9 Å². The lowest BCUT2D eigenvalue weighted by Crippen LogP contribution is -2.31. The van der Waals surface area contributed by atoms with E-state index in [2.05, 4.69) is 12.2 Å². The van der Waals surface area contributed by atoms with Crippen LogP contribution in [0.2, 0.25) is 0 Å². The number of hydrogen-bond acceptors (Lipinski definition) is 2. The van der Waals surface area contributed by atoms with Crippen molar-refractivity contribution in [2.45, 2.75) is 45.6 Å². The van der Waals surface area contributed by atoms with Gasteiger partial charge in [0.1, 0.15) is 0 Å². The monoisotopic (exact) mass is 185 g/mol. The van der Waals surface area contributed by atoms with E-state index >= 15 is 0 Å². The molecule has 2 heteroatoms. The average molecular weight is 185 g/mol. The highest BCUT2D eigenvalue weighted by atomic mass is 16.3. The summed E-state index contributed by atoms with van der Waals surface area (Å²) in [5.41, 5.74) is 0. The minimum Gasteiger partial charge on any atom is -0.392 e. The average Bonchev–Trinajstić information content (AvgIpc) is 2.03. The highest BCUT2D eigenvalue weighted by Crippen LogP contribution is 2.27. The molecule has 0 radical (unpaired) electrons. The molecule has 78 valence electrons. The van der Waals surface area contributed by atoms with E-state index in [1.807, 2.05) is 6.92 Å². The summed E-state index contributed by atoms with van der Waals surface area (Å²) in [5, 5.41) is 12.4. The number of aliphatic hydroxyl groups is 1. The van der Waals surface area contributed by atoms with Crippen molar-refractivity contribution in [2.75, 3.05) is 13.1 Å². The Morgan fingerprint density at radius 2 is 2.23 bits per heavy atom. The van der Waals surface area contributed by atoms with Crippen molar-refractivity contribution in [3.8, 4) is 0 Å². The van der Waals surface area contributed by atoms with Crippen LogP contribution in [0.5, 0.6) is 0 Å². The second-order valence-corrected chi connectivity index (χ2v) is 4.65. The lowest BCUT2D eigenvalue weighted by atomic mass is 9.82. The van der Waals surface area contributed by atoms with Crippen molar-refractivity contribution in [2.24, 2.45) is 11.8 Å². The molecule has 1 fully saturated rings.